The maximum absolute atomic E-state index is 13.2. The molecule has 0 bridgehead atoms. The Morgan fingerprint density at radius 2 is 1.45 bits per heavy atom. The summed E-state index contributed by atoms with van der Waals surface area (Å²) in [5, 5.41) is 1.54. The molecule has 4 aromatic carbocycles. The second-order valence-electron chi connectivity index (χ2n) is 8.05. The fraction of sp³-hybridized carbons (Fsp3) is 0.0345. The van der Waals surface area contributed by atoms with Gasteiger partial charge in [0.25, 0.3) is 0 Å². The zero-order valence-corrected chi connectivity index (χ0v) is 18.6. The Labute approximate surface area is 195 Å². The first kappa shape index (κ1) is 19.6. The molecule has 6 aromatic rings. The summed E-state index contributed by atoms with van der Waals surface area (Å²) in [7, 11) is 0. The third-order valence-corrected chi connectivity index (χ3v) is 7.12. The predicted molar refractivity (Wildman–Crippen MR) is 138 cm³/mol. The largest absolute Gasteiger partial charge is 0.327 e. The standard InChI is InChI=1S/C29H20N2OS/c32-28-24-12-6-7-13-26(24)33-27-15-14-21(18-25(27)28)22-10-4-5-11-23(22)29-30-16-17-31(29)19-20-8-2-1-3-9-20/h1-18H,19H2. The van der Waals surface area contributed by atoms with E-state index in [1.165, 1.54) is 5.56 Å². The molecule has 0 radical (unpaired) electrons. The molecule has 2 heterocycles. The quantitative estimate of drug-likeness (QED) is 0.275. The van der Waals surface area contributed by atoms with Gasteiger partial charge in [-0.1, -0.05) is 72.8 Å². The lowest BCUT2D eigenvalue weighted by molar-refractivity contribution is 0.807. The fourth-order valence-electron chi connectivity index (χ4n) is 4.36. The van der Waals surface area contributed by atoms with Crippen LogP contribution in [0.4, 0.5) is 0 Å². The predicted octanol–water partition coefficient (Wildman–Crippen LogP) is 6.99. The van der Waals surface area contributed by atoms with Crippen molar-refractivity contribution >= 4 is 31.5 Å². The van der Waals surface area contributed by atoms with Crippen LogP contribution in [-0.4, -0.2) is 9.55 Å². The van der Waals surface area contributed by atoms with Gasteiger partial charge in [0, 0.05) is 44.7 Å². The van der Waals surface area contributed by atoms with E-state index >= 15 is 0 Å². The van der Waals surface area contributed by atoms with E-state index in [-0.39, 0.29) is 5.43 Å². The number of imidazole rings is 1. The summed E-state index contributed by atoms with van der Waals surface area (Å²) in [5.41, 5.74) is 4.45. The second kappa shape index (κ2) is 8.15. The van der Waals surface area contributed by atoms with Crippen molar-refractivity contribution in [2.24, 2.45) is 0 Å². The Morgan fingerprint density at radius 3 is 2.33 bits per heavy atom. The molecule has 0 fully saturated rings. The van der Waals surface area contributed by atoms with Crippen LogP contribution in [0.15, 0.2) is 114 Å². The van der Waals surface area contributed by atoms with Gasteiger partial charge >= 0.3 is 0 Å². The van der Waals surface area contributed by atoms with Crippen molar-refractivity contribution in [3.8, 4) is 22.5 Å². The highest BCUT2D eigenvalue weighted by Crippen LogP contribution is 2.34. The molecule has 158 valence electrons. The van der Waals surface area contributed by atoms with Crippen LogP contribution in [0.25, 0.3) is 42.7 Å². The molecule has 0 aliphatic rings. The molecule has 0 aliphatic carbocycles. The number of aromatic nitrogens is 2. The van der Waals surface area contributed by atoms with Crippen LogP contribution in [0.5, 0.6) is 0 Å². The van der Waals surface area contributed by atoms with E-state index in [2.05, 4.69) is 53.1 Å². The Kier molecular flexibility index (Phi) is 4.85. The van der Waals surface area contributed by atoms with Crippen LogP contribution in [0.3, 0.4) is 0 Å². The summed E-state index contributed by atoms with van der Waals surface area (Å²) < 4.78 is 4.20. The van der Waals surface area contributed by atoms with E-state index in [0.717, 1.165) is 49.2 Å². The highest BCUT2D eigenvalue weighted by Gasteiger charge is 2.14. The molecule has 4 heteroatoms. The summed E-state index contributed by atoms with van der Waals surface area (Å²) >= 11 is 1.66. The normalized spacial score (nSPS) is 11.3. The number of benzene rings is 4. The van der Waals surface area contributed by atoms with E-state index in [1.807, 2.05) is 60.9 Å². The van der Waals surface area contributed by atoms with Crippen molar-refractivity contribution in [2.45, 2.75) is 6.54 Å². The molecular formula is C29H20N2OS. The van der Waals surface area contributed by atoms with Crippen molar-refractivity contribution < 1.29 is 0 Å². The van der Waals surface area contributed by atoms with Crippen molar-refractivity contribution in [1.29, 1.82) is 0 Å². The molecule has 0 unspecified atom stereocenters. The molecular weight excluding hydrogens is 424 g/mol. The van der Waals surface area contributed by atoms with Gasteiger partial charge in [-0.05, 0) is 41.0 Å². The summed E-state index contributed by atoms with van der Waals surface area (Å²) in [6, 6.07) is 32.7. The lowest BCUT2D eigenvalue weighted by Gasteiger charge is -2.13. The monoisotopic (exact) mass is 444 g/mol. The minimum Gasteiger partial charge on any atom is -0.327 e. The van der Waals surface area contributed by atoms with Crippen LogP contribution in [-0.2, 0) is 6.54 Å². The van der Waals surface area contributed by atoms with E-state index in [4.69, 9.17) is 4.98 Å². The van der Waals surface area contributed by atoms with Crippen molar-refractivity contribution in [2.75, 3.05) is 0 Å². The lowest BCUT2D eigenvalue weighted by atomic mass is 9.98. The average molecular weight is 445 g/mol. The van der Waals surface area contributed by atoms with Crippen LogP contribution < -0.4 is 5.43 Å². The second-order valence-corrected chi connectivity index (χ2v) is 9.13. The number of fused-ring (bicyclic) bond motifs is 2. The molecule has 0 spiro atoms. The van der Waals surface area contributed by atoms with Gasteiger partial charge in [-0.15, -0.1) is 11.3 Å². The number of rotatable bonds is 4. The molecule has 2 aromatic heterocycles. The zero-order valence-electron chi connectivity index (χ0n) is 17.8. The summed E-state index contributed by atoms with van der Waals surface area (Å²) in [6.07, 6.45) is 3.86. The number of hydrogen-bond acceptors (Lipinski definition) is 3. The minimum atomic E-state index is 0.0873. The van der Waals surface area contributed by atoms with Gasteiger partial charge in [0.1, 0.15) is 5.82 Å². The van der Waals surface area contributed by atoms with Gasteiger partial charge < -0.3 is 4.57 Å². The van der Waals surface area contributed by atoms with Gasteiger partial charge in [0.2, 0.25) is 0 Å². The third-order valence-electron chi connectivity index (χ3n) is 5.97. The SMILES string of the molecule is O=c1c2ccccc2sc2ccc(-c3ccccc3-c3nccn3Cc3ccccc3)cc12. The Balaban J connectivity index is 1.49. The maximum Gasteiger partial charge on any atom is 0.195 e. The van der Waals surface area contributed by atoms with Gasteiger partial charge in [-0.3, -0.25) is 4.79 Å². The molecule has 33 heavy (non-hydrogen) atoms. The Bertz CT molecular complexity index is 1660. The molecule has 0 amide bonds. The number of hydrogen-bond donors (Lipinski definition) is 0. The molecule has 0 saturated heterocycles. The zero-order chi connectivity index (χ0) is 22.2. The smallest absolute Gasteiger partial charge is 0.195 e. The molecule has 0 atom stereocenters. The van der Waals surface area contributed by atoms with Crippen LogP contribution >= 0.6 is 11.3 Å². The average Bonchev–Trinajstić information content (AvgIpc) is 3.32. The van der Waals surface area contributed by atoms with E-state index < -0.39 is 0 Å². The maximum atomic E-state index is 13.2. The fourth-order valence-corrected chi connectivity index (χ4v) is 5.41. The first-order valence-corrected chi connectivity index (χ1v) is 11.7. The minimum absolute atomic E-state index is 0.0873. The first-order valence-electron chi connectivity index (χ1n) is 10.9. The first-order chi connectivity index (χ1) is 16.3. The van der Waals surface area contributed by atoms with Gasteiger partial charge in [-0.25, -0.2) is 4.98 Å². The summed E-state index contributed by atoms with van der Waals surface area (Å²) in [6.45, 7) is 0.751. The van der Waals surface area contributed by atoms with Crippen molar-refractivity contribution in [1.82, 2.24) is 9.55 Å². The third kappa shape index (κ3) is 3.55. The van der Waals surface area contributed by atoms with E-state index in [0.29, 0.717) is 0 Å². The Morgan fingerprint density at radius 1 is 0.727 bits per heavy atom. The summed E-state index contributed by atoms with van der Waals surface area (Å²) in [5.74, 6) is 0.915. The molecule has 3 nitrogen and oxygen atoms in total. The highest BCUT2D eigenvalue weighted by atomic mass is 32.1. The molecule has 0 aliphatic heterocycles. The van der Waals surface area contributed by atoms with Gasteiger partial charge in [0.15, 0.2) is 5.43 Å². The van der Waals surface area contributed by atoms with Crippen molar-refractivity contribution in [3.63, 3.8) is 0 Å². The Hall–Kier alpha value is -4.02. The molecule has 6 rings (SSSR count). The number of nitrogens with zero attached hydrogens (tertiary/aromatic N) is 2. The van der Waals surface area contributed by atoms with Crippen LogP contribution in [0, 0.1) is 0 Å². The topological polar surface area (TPSA) is 34.9 Å². The van der Waals surface area contributed by atoms with Gasteiger partial charge in [0.05, 0.1) is 0 Å². The summed E-state index contributed by atoms with van der Waals surface area (Å²) in [4.78, 5) is 17.9. The van der Waals surface area contributed by atoms with Crippen LogP contribution in [0.1, 0.15) is 5.56 Å². The highest BCUT2D eigenvalue weighted by molar-refractivity contribution is 7.24. The van der Waals surface area contributed by atoms with Crippen LogP contribution in [0.2, 0.25) is 0 Å². The van der Waals surface area contributed by atoms with Crippen molar-refractivity contribution in [3.05, 3.63) is 125 Å². The van der Waals surface area contributed by atoms with E-state index in [1.54, 1.807) is 11.3 Å². The molecule has 0 saturated carbocycles. The van der Waals surface area contributed by atoms with E-state index in [9.17, 15) is 4.79 Å². The molecule has 0 N–H and O–H groups in total. The lowest BCUT2D eigenvalue weighted by Crippen LogP contribution is -2.02. The van der Waals surface area contributed by atoms with Gasteiger partial charge in [-0.2, -0.15) is 0 Å².